The summed E-state index contributed by atoms with van der Waals surface area (Å²) < 4.78 is 24.4. The lowest BCUT2D eigenvalue weighted by Gasteiger charge is -2.24. The van der Waals surface area contributed by atoms with Crippen LogP contribution >= 0.6 is 11.3 Å². The first-order chi connectivity index (χ1) is 19.4. The highest BCUT2D eigenvalue weighted by atomic mass is 32.1. The van der Waals surface area contributed by atoms with E-state index in [1.54, 1.807) is 53.2 Å². The number of amides is 2. The number of ether oxygens (including phenoxy) is 1. The third-order valence-corrected chi connectivity index (χ3v) is 6.86. The van der Waals surface area contributed by atoms with E-state index in [-0.39, 0.29) is 18.5 Å². The minimum absolute atomic E-state index is 0.0700. The highest BCUT2D eigenvalue weighted by Gasteiger charge is 2.19. The lowest BCUT2D eigenvalue weighted by atomic mass is 10.1. The molecule has 3 aromatic carbocycles. The van der Waals surface area contributed by atoms with E-state index in [1.807, 2.05) is 60.0 Å². The molecule has 6 nitrogen and oxygen atoms in total. The zero-order valence-electron chi connectivity index (χ0n) is 23.0. The molecule has 0 aliphatic carbocycles. The summed E-state index contributed by atoms with van der Waals surface area (Å²) in [5, 5.41) is 10.6. The van der Waals surface area contributed by atoms with Gasteiger partial charge in [-0.3, -0.25) is 14.8 Å². The van der Waals surface area contributed by atoms with Gasteiger partial charge in [0.15, 0.2) is 0 Å². The number of nitrogens with zero attached hydrogens (tertiary/aromatic N) is 1. The Labute approximate surface area is 230 Å². The van der Waals surface area contributed by atoms with Crippen LogP contribution in [0.2, 0.25) is 0 Å². The van der Waals surface area contributed by atoms with Gasteiger partial charge in [0.25, 0.3) is 5.91 Å². The predicted octanol–water partition coefficient (Wildman–Crippen LogP) is 6.70. The number of hydrogen-bond donors (Lipinski definition) is 2. The first kappa shape index (κ1) is 24.4. The summed E-state index contributed by atoms with van der Waals surface area (Å²) in [6, 6.07) is 27.5. The topological polar surface area (TPSA) is 78.9 Å². The molecule has 0 fully saturated rings. The maximum absolute atomic E-state index is 13.9. The van der Waals surface area contributed by atoms with Crippen molar-refractivity contribution in [2.24, 2.45) is 0 Å². The summed E-state index contributed by atoms with van der Waals surface area (Å²) in [4.78, 5) is 27.4. The Morgan fingerprint density at radius 1 is 0.895 bits per heavy atom. The van der Waals surface area contributed by atoms with Gasteiger partial charge >= 0.3 is 0 Å². The smallest absolute Gasteiger partial charge is 0.254 e. The fourth-order valence-electron chi connectivity index (χ4n) is 3.94. The molecule has 38 heavy (non-hydrogen) atoms. The summed E-state index contributed by atoms with van der Waals surface area (Å²) in [5.41, 5.74) is 4.08. The Morgan fingerprint density at radius 2 is 1.66 bits per heavy atom. The molecule has 2 N–H and O–H groups in total. The lowest BCUT2D eigenvalue weighted by Crippen LogP contribution is -2.30. The number of unbranched alkanes of at least 4 members (excludes halogenated alkanes) is 2. The van der Waals surface area contributed by atoms with E-state index in [2.05, 4.69) is 0 Å². The van der Waals surface area contributed by atoms with Gasteiger partial charge in [-0.15, -0.1) is 11.3 Å². The lowest BCUT2D eigenvalue weighted by molar-refractivity contribution is -0.129. The summed E-state index contributed by atoms with van der Waals surface area (Å²) in [7, 11) is 0. The standard InChI is InChI=1S/C31H32N2O4S/c34-30(32-36)15-5-2-8-20-37-28-13-7-6-12-27(28)23-33(22-24-10-3-1-4-11-24)31(35)26-18-16-25(17-19-26)29-14-9-21-38-29/h1,3-4,6-7,9-14,16-19,21,36H,2,5,8,15,20,22-23H2,(H,32,34)/i23D2. The van der Waals surface area contributed by atoms with E-state index in [0.717, 1.165) is 16.0 Å². The zero-order chi connectivity index (χ0) is 28.4. The Bertz CT molecular complexity index is 1380. The predicted molar refractivity (Wildman–Crippen MR) is 150 cm³/mol. The van der Waals surface area contributed by atoms with Gasteiger partial charge in [-0.2, -0.15) is 0 Å². The molecule has 0 saturated heterocycles. The molecule has 196 valence electrons. The Balaban J connectivity index is 1.56. The fourth-order valence-corrected chi connectivity index (χ4v) is 4.67. The summed E-state index contributed by atoms with van der Waals surface area (Å²) >= 11 is 1.62. The number of hydrogen-bond acceptors (Lipinski definition) is 5. The van der Waals surface area contributed by atoms with Gasteiger partial charge in [-0.05, 0) is 60.0 Å². The van der Waals surface area contributed by atoms with Crippen molar-refractivity contribution >= 4 is 23.2 Å². The number of thiophene rings is 1. The second-order valence-corrected chi connectivity index (χ2v) is 9.68. The van der Waals surface area contributed by atoms with Crippen molar-refractivity contribution < 1.29 is 22.3 Å². The van der Waals surface area contributed by atoms with Crippen molar-refractivity contribution in [3.63, 3.8) is 0 Å². The molecule has 7 heteroatoms. The molecule has 4 rings (SSSR count). The average Bonchev–Trinajstić information content (AvgIpc) is 3.53. The Morgan fingerprint density at radius 3 is 2.39 bits per heavy atom. The van der Waals surface area contributed by atoms with E-state index in [4.69, 9.17) is 9.94 Å². The summed E-state index contributed by atoms with van der Waals surface area (Å²) in [6.45, 7) is -1.79. The van der Waals surface area contributed by atoms with Crippen molar-refractivity contribution in [2.75, 3.05) is 6.61 Å². The van der Waals surface area contributed by atoms with Crippen LogP contribution in [0.15, 0.2) is 96.4 Å². The fraction of sp³-hybridized carbons (Fsp3) is 0.226. The molecule has 0 aliphatic heterocycles. The van der Waals surface area contributed by atoms with Gasteiger partial charge in [0, 0.05) is 35.5 Å². The third kappa shape index (κ3) is 7.78. The zero-order valence-corrected chi connectivity index (χ0v) is 21.8. The highest BCUT2D eigenvalue weighted by Crippen LogP contribution is 2.26. The van der Waals surface area contributed by atoms with Crippen molar-refractivity contribution in [1.29, 1.82) is 0 Å². The van der Waals surface area contributed by atoms with Gasteiger partial charge in [0.2, 0.25) is 5.91 Å². The van der Waals surface area contributed by atoms with Crippen LogP contribution in [0.5, 0.6) is 5.75 Å². The summed E-state index contributed by atoms with van der Waals surface area (Å²) in [5.74, 6) is -0.494. The van der Waals surface area contributed by atoms with Crippen LogP contribution in [-0.2, 0) is 17.8 Å². The molecular formula is C31H32N2O4S. The number of rotatable bonds is 13. The molecular weight excluding hydrogens is 496 g/mol. The number of nitrogens with one attached hydrogen (secondary N) is 1. The highest BCUT2D eigenvalue weighted by molar-refractivity contribution is 7.13. The van der Waals surface area contributed by atoms with Crippen LogP contribution in [0.25, 0.3) is 10.4 Å². The molecule has 0 radical (unpaired) electrons. The van der Waals surface area contributed by atoms with Crippen LogP contribution in [0.4, 0.5) is 0 Å². The molecule has 1 heterocycles. The van der Waals surface area contributed by atoms with Gasteiger partial charge in [0.1, 0.15) is 5.75 Å². The molecule has 4 aromatic rings. The van der Waals surface area contributed by atoms with Crippen LogP contribution < -0.4 is 10.2 Å². The van der Waals surface area contributed by atoms with Gasteiger partial charge in [0.05, 0.1) is 9.35 Å². The monoisotopic (exact) mass is 530 g/mol. The molecule has 0 unspecified atom stereocenters. The third-order valence-electron chi connectivity index (χ3n) is 5.94. The number of carbonyl (C=O) groups excluding carboxylic acids is 2. The number of hydroxylamine groups is 1. The molecule has 0 atom stereocenters. The second kappa shape index (κ2) is 14.1. The van der Waals surface area contributed by atoms with E-state index in [1.165, 1.54) is 4.90 Å². The summed E-state index contributed by atoms with van der Waals surface area (Å²) in [6.07, 6.45) is 2.19. The minimum atomic E-state index is -2.19. The number of benzene rings is 3. The van der Waals surface area contributed by atoms with Gasteiger partial charge in [-0.1, -0.05) is 66.7 Å². The van der Waals surface area contributed by atoms with Gasteiger partial charge in [-0.25, -0.2) is 5.48 Å². The van der Waals surface area contributed by atoms with Crippen molar-refractivity contribution in [2.45, 2.75) is 38.7 Å². The Hall–Kier alpha value is -3.94. The molecule has 0 bridgehead atoms. The molecule has 0 aliphatic rings. The maximum Gasteiger partial charge on any atom is 0.254 e. The van der Waals surface area contributed by atoms with E-state index >= 15 is 0 Å². The Kier molecular flexibility index (Phi) is 9.07. The van der Waals surface area contributed by atoms with E-state index < -0.39 is 18.3 Å². The quantitative estimate of drug-likeness (QED) is 0.115. The van der Waals surface area contributed by atoms with Crippen LogP contribution in [0.1, 0.15) is 49.9 Å². The SMILES string of the molecule is [2H]C([2H])(c1ccccc1OCCCCCC(=O)NO)N(Cc1ccccc1)C(=O)c1ccc(-c2cccs2)cc1. The number of carbonyl (C=O) groups is 2. The van der Waals surface area contributed by atoms with E-state index in [9.17, 15) is 12.3 Å². The van der Waals surface area contributed by atoms with Crippen LogP contribution in [0, 0.1) is 0 Å². The van der Waals surface area contributed by atoms with Crippen molar-refractivity contribution in [1.82, 2.24) is 10.4 Å². The largest absolute Gasteiger partial charge is 0.493 e. The van der Waals surface area contributed by atoms with E-state index in [0.29, 0.717) is 37.2 Å². The number of para-hydroxylation sites is 1. The second-order valence-electron chi connectivity index (χ2n) is 8.73. The first-order valence-corrected chi connectivity index (χ1v) is 13.4. The average molecular weight is 531 g/mol. The minimum Gasteiger partial charge on any atom is -0.493 e. The van der Waals surface area contributed by atoms with Crippen LogP contribution in [-0.4, -0.2) is 28.5 Å². The molecule has 2 amide bonds. The van der Waals surface area contributed by atoms with Crippen molar-refractivity contribution in [3.05, 3.63) is 113 Å². The molecule has 0 spiro atoms. The maximum atomic E-state index is 13.9. The van der Waals surface area contributed by atoms with Gasteiger partial charge < -0.3 is 9.64 Å². The van der Waals surface area contributed by atoms with Crippen LogP contribution in [0.3, 0.4) is 0 Å². The molecule has 0 saturated carbocycles. The normalized spacial score (nSPS) is 11.8. The van der Waals surface area contributed by atoms with Crippen molar-refractivity contribution in [3.8, 4) is 16.2 Å². The molecule has 1 aromatic heterocycles. The first-order valence-electron chi connectivity index (χ1n) is 13.5.